The lowest BCUT2D eigenvalue weighted by Crippen LogP contribution is -2.28. The van der Waals surface area contributed by atoms with Gasteiger partial charge in [-0.3, -0.25) is 9.78 Å². The Balaban J connectivity index is 1.21. The summed E-state index contributed by atoms with van der Waals surface area (Å²) in [6, 6.07) is 10.4. The van der Waals surface area contributed by atoms with Gasteiger partial charge in [0, 0.05) is 35.2 Å². The molecule has 9 rings (SSSR count). The second-order valence-electron chi connectivity index (χ2n) is 13.1. The van der Waals surface area contributed by atoms with Crippen molar-refractivity contribution in [2.24, 2.45) is 0 Å². The molecule has 2 atom stereocenters. The molecule has 4 aromatic heterocycles. The van der Waals surface area contributed by atoms with Crippen molar-refractivity contribution in [3.05, 3.63) is 111 Å². The van der Waals surface area contributed by atoms with E-state index in [9.17, 15) is 18.4 Å². The average molecular weight is 729 g/mol. The molecule has 264 valence electrons. The molecule has 52 heavy (non-hydrogen) atoms. The van der Waals surface area contributed by atoms with E-state index in [4.69, 9.17) is 14.1 Å². The number of hydrogen-bond donors (Lipinski definition) is 2. The Hall–Kier alpha value is -5.57. The Morgan fingerprint density at radius 1 is 1.08 bits per heavy atom. The molecule has 0 spiro atoms. The van der Waals surface area contributed by atoms with Crippen LogP contribution in [0.15, 0.2) is 63.9 Å². The fourth-order valence-corrected chi connectivity index (χ4v) is 8.99. The zero-order chi connectivity index (χ0) is 35.9. The Morgan fingerprint density at radius 2 is 1.90 bits per heavy atom. The topological polar surface area (TPSA) is 126 Å². The molecule has 15 heteroatoms. The lowest BCUT2D eigenvalue weighted by atomic mass is 9.93. The highest BCUT2D eigenvalue weighted by Gasteiger charge is 2.50. The first-order valence-corrected chi connectivity index (χ1v) is 17.5. The van der Waals surface area contributed by atoms with E-state index in [-0.39, 0.29) is 46.4 Å². The maximum Gasteiger partial charge on any atom is 0.434 e. The number of H-pyrrole nitrogens is 1. The third kappa shape index (κ3) is 5.08. The average Bonchev–Trinajstić information content (AvgIpc) is 3.95. The van der Waals surface area contributed by atoms with E-state index >= 15 is 8.78 Å². The molecule has 1 fully saturated rings. The normalized spacial score (nSPS) is 18.6. The third-order valence-corrected chi connectivity index (χ3v) is 11.3. The number of ether oxygens (including phenoxy) is 1. The molecule has 6 heterocycles. The first-order chi connectivity index (χ1) is 25.1. The van der Waals surface area contributed by atoms with Crippen LogP contribution < -0.4 is 15.8 Å². The van der Waals surface area contributed by atoms with E-state index in [0.717, 1.165) is 24.5 Å². The van der Waals surface area contributed by atoms with Gasteiger partial charge in [0.1, 0.15) is 17.7 Å². The maximum absolute atomic E-state index is 15.6. The Bertz CT molecular complexity index is 2480. The number of fused-ring (bicyclic) bond motifs is 5. The third-order valence-electron chi connectivity index (χ3n) is 10.1. The van der Waals surface area contributed by atoms with Crippen molar-refractivity contribution in [1.29, 1.82) is 0 Å². The zero-order valence-corrected chi connectivity index (χ0v) is 28.3. The minimum atomic E-state index is -3.29. The summed E-state index contributed by atoms with van der Waals surface area (Å²) in [7, 11) is 1.24. The molecule has 0 bridgehead atoms. The van der Waals surface area contributed by atoms with Crippen LogP contribution in [-0.2, 0) is 19.3 Å². The number of benzene rings is 2. The summed E-state index contributed by atoms with van der Waals surface area (Å²) < 4.78 is 70.7. The van der Waals surface area contributed by atoms with Crippen LogP contribution in [0.2, 0.25) is 0 Å². The number of hydrogen-bond acceptors (Lipinski definition) is 9. The number of anilines is 1. The number of nitrogens with one attached hydrogen (secondary N) is 2. The van der Waals surface area contributed by atoms with E-state index in [2.05, 4.69) is 20.5 Å². The van der Waals surface area contributed by atoms with Crippen LogP contribution in [0.1, 0.15) is 63.4 Å². The van der Waals surface area contributed by atoms with Gasteiger partial charge in [0.05, 0.1) is 40.4 Å². The van der Waals surface area contributed by atoms with Crippen molar-refractivity contribution in [3.8, 4) is 27.6 Å². The number of amides is 1. The molecule has 3 aliphatic rings. The van der Waals surface area contributed by atoms with Gasteiger partial charge in [-0.2, -0.15) is 0 Å². The van der Waals surface area contributed by atoms with Gasteiger partial charge in [-0.05, 0) is 72.5 Å². The van der Waals surface area contributed by atoms with E-state index < -0.39 is 30.0 Å². The maximum atomic E-state index is 15.6. The fraction of sp³-hybridized carbons (Fsp3) is 0.270. The Kier molecular flexibility index (Phi) is 7.47. The molecule has 1 amide bonds. The van der Waals surface area contributed by atoms with Crippen LogP contribution in [0.3, 0.4) is 0 Å². The summed E-state index contributed by atoms with van der Waals surface area (Å²) in [5.41, 5.74) is 3.50. The number of aromatic nitrogens is 4. The molecule has 0 unspecified atom stereocenters. The molecule has 2 aliphatic heterocycles. The van der Waals surface area contributed by atoms with Crippen molar-refractivity contribution >= 4 is 33.1 Å². The van der Waals surface area contributed by atoms with Crippen molar-refractivity contribution in [3.63, 3.8) is 0 Å². The zero-order valence-electron chi connectivity index (χ0n) is 27.4. The number of pyridine rings is 2. The van der Waals surface area contributed by atoms with Crippen LogP contribution in [0.25, 0.3) is 32.0 Å². The first-order valence-electron chi connectivity index (χ1n) is 16.7. The van der Waals surface area contributed by atoms with Crippen LogP contribution >= 0.6 is 11.3 Å². The number of carbonyl (C=O) groups excluding carboxylic acids is 1. The van der Waals surface area contributed by atoms with Gasteiger partial charge in [0.2, 0.25) is 0 Å². The first kappa shape index (κ1) is 32.3. The monoisotopic (exact) mass is 728 g/mol. The molecule has 0 saturated carbocycles. The fourth-order valence-electron chi connectivity index (χ4n) is 7.82. The molecule has 6 aromatic rings. The van der Waals surface area contributed by atoms with E-state index in [0.29, 0.717) is 62.4 Å². The smallest absolute Gasteiger partial charge is 0.434 e. The quantitative estimate of drug-likeness (QED) is 0.155. The lowest BCUT2D eigenvalue weighted by molar-refractivity contribution is -0.00736. The molecular formula is C37H28F4N6O4S. The van der Waals surface area contributed by atoms with E-state index in [1.54, 1.807) is 23.1 Å². The van der Waals surface area contributed by atoms with Gasteiger partial charge in [0.25, 0.3) is 17.7 Å². The summed E-state index contributed by atoms with van der Waals surface area (Å²) in [4.78, 5) is 38.4. The molecule has 1 saturated heterocycles. The number of carbonyl (C=O) groups is 1. The highest BCUT2D eigenvalue weighted by atomic mass is 32.1. The van der Waals surface area contributed by atoms with Crippen molar-refractivity contribution in [2.75, 3.05) is 19.0 Å². The van der Waals surface area contributed by atoms with Gasteiger partial charge in [-0.25, -0.2) is 32.4 Å². The van der Waals surface area contributed by atoms with Crippen LogP contribution in [-0.4, -0.2) is 50.5 Å². The number of thiophene rings is 1. The van der Waals surface area contributed by atoms with Gasteiger partial charge < -0.3 is 19.4 Å². The number of methoxy groups -OCH3 is 1. The summed E-state index contributed by atoms with van der Waals surface area (Å²) >= 11 is 1.24. The second-order valence-corrected chi connectivity index (χ2v) is 14.2. The summed E-state index contributed by atoms with van der Waals surface area (Å²) in [6.45, 7) is 0.563. The predicted octanol–water partition coefficient (Wildman–Crippen LogP) is 7.41. The summed E-state index contributed by atoms with van der Waals surface area (Å²) in [5.74, 6) is -5.46. The molecule has 1 aliphatic carbocycles. The van der Waals surface area contributed by atoms with Crippen LogP contribution in [0, 0.1) is 11.6 Å². The number of aryl methyl sites for hydroxylation is 2. The van der Waals surface area contributed by atoms with E-state index in [1.807, 2.05) is 6.07 Å². The largest absolute Gasteiger partial charge is 0.493 e. The molecule has 10 nitrogen and oxygen atoms in total. The second kappa shape index (κ2) is 12.0. The molecular weight excluding hydrogens is 701 g/mol. The highest BCUT2D eigenvalue weighted by molar-refractivity contribution is 7.23. The van der Waals surface area contributed by atoms with E-state index in [1.165, 1.54) is 42.8 Å². The minimum Gasteiger partial charge on any atom is -0.493 e. The number of aromatic amines is 1. The predicted molar refractivity (Wildman–Crippen MR) is 184 cm³/mol. The van der Waals surface area contributed by atoms with Crippen molar-refractivity contribution in [2.45, 2.75) is 50.1 Å². The van der Waals surface area contributed by atoms with Gasteiger partial charge in [0.15, 0.2) is 11.6 Å². The number of halogens is 4. The van der Waals surface area contributed by atoms with Crippen molar-refractivity contribution < 1.29 is 31.5 Å². The summed E-state index contributed by atoms with van der Waals surface area (Å²) in [5, 5.41) is 10.1. The minimum absolute atomic E-state index is 0.0541. The standard InChI is InChI=1S/C37H28F4N6O4S/c1-50-30-21-16-37(40,41)32(20(21)9-10-22(30)39)44-33-31-18(12-13-42-33)15-25(52-31)27-26(34-45-46-36(49)51-34)23(11-6-17-4-7-19(38)8-5-17)43-29-24-3-2-14-47(24)35(48)28(27)29/h4-5,7-10,12-13,15,24,32H,2-3,6,11,14,16H2,1H3,(H,42,44)(H,46,49)/t24-,32-/m1/s1. The van der Waals surface area contributed by atoms with Crippen LogP contribution in [0.5, 0.6) is 5.75 Å². The Morgan fingerprint density at radius 3 is 2.67 bits per heavy atom. The lowest BCUT2D eigenvalue weighted by Gasteiger charge is -2.22. The van der Waals surface area contributed by atoms with Gasteiger partial charge >= 0.3 is 5.76 Å². The van der Waals surface area contributed by atoms with Crippen molar-refractivity contribution in [1.82, 2.24) is 25.1 Å². The Labute approximate surface area is 296 Å². The highest BCUT2D eigenvalue weighted by Crippen LogP contribution is 2.52. The number of nitrogens with zero attached hydrogens (tertiary/aromatic N) is 4. The SMILES string of the molecule is COc1c(F)ccc2c1CC(F)(F)[C@@H]2Nc1nccc2cc(-c3c4c(nc(CCc5ccc(F)cc5)c3-c3n[nH]c(=O)o3)[C@H]3CCCN3C4=O)sc12. The van der Waals surface area contributed by atoms with Crippen LogP contribution in [0.4, 0.5) is 23.4 Å². The van der Waals surface area contributed by atoms with Gasteiger partial charge in [-0.15, -0.1) is 16.4 Å². The van der Waals surface area contributed by atoms with Gasteiger partial charge in [-0.1, -0.05) is 18.2 Å². The number of rotatable bonds is 8. The molecule has 2 aromatic carbocycles. The summed E-state index contributed by atoms with van der Waals surface area (Å²) in [6.07, 6.45) is 3.15. The molecule has 0 radical (unpaired) electrons. The number of alkyl halides is 2. The molecule has 2 N–H and O–H groups in total.